The van der Waals surface area contributed by atoms with Crippen LogP contribution in [0.2, 0.25) is 0 Å². The van der Waals surface area contributed by atoms with Crippen LogP contribution in [0.1, 0.15) is 24.5 Å². The topological polar surface area (TPSA) is 27.7 Å². The summed E-state index contributed by atoms with van der Waals surface area (Å²) < 4.78 is 41.4. The predicted octanol–water partition coefficient (Wildman–Crippen LogP) is 4.45. The molecule has 0 bridgehead atoms. The first-order chi connectivity index (χ1) is 14.4. The molecule has 1 heterocycles. The highest BCUT2D eigenvalue weighted by atomic mass is 19.4. The van der Waals surface area contributed by atoms with E-state index in [9.17, 15) is 13.2 Å². The molecular formula is C23H30F3N3O. The smallest absolute Gasteiger partial charge is 0.422 e. The molecule has 164 valence electrons. The molecule has 1 aliphatic rings. The van der Waals surface area contributed by atoms with Crippen molar-refractivity contribution < 1.29 is 17.9 Å². The Labute approximate surface area is 176 Å². The molecule has 2 aromatic rings. The molecule has 4 nitrogen and oxygen atoms in total. The van der Waals surface area contributed by atoms with Crippen LogP contribution in [0, 0.1) is 0 Å². The van der Waals surface area contributed by atoms with Crippen molar-refractivity contribution in [2.75, 3.05) is 44.2 Å². The van der Waals surface area contributed by atoms with E-state index in [1.165, 1.54) is 17.7 Å². The monoisotopic (exact) mass is 421 g/mol. The second-order valence-corrected chi connectivity index (χ2v) is 7.61. The van der Waals surface area contributed by atoms with E-state index in [1.54, 1.807) is 24.3 Å². The lowest BCUT2D eigenvalue weighted by Gasteiger charge is -2.37. The summed E-state index contributed by atoms with van der Waals surface area (Å²) in [7, 11) is 0. The number of para-hydroxylation sites is 1. The minimum atomic E-state index is -4.32. The lowest BCUT2D eigenvalue weighted by molar-refractivity contribution is -0.153. The predicted molar refractivity (Wildman–Crippen MR) is 114 cm³/mol. The SMILES string of the molecule is CCCN1CCN(c2ccccc2CNCc2ccc(OCC(F)(F)F)cc2)CC1. The van der Waals surface area contributed by atoms with Crippen LogP contribution in [0.4, 0.5) is 18.9 Å². The van der Waals surface area contributed by atoms with Crippen molar-refractivity contribution in [2.24, 2.45) is 0 Å². The fraction of sp³-hybridized carbons (Fsp3) is 0.478. The van der Waals surface area contributed by atoms with Gasteiger partial charge in [0.15, 0.2) is 6.61 Å². The number of piperazine rings is 1. The van der Waals surface area contributed by atoms with Gasteiger partial charge in [0.05, 0.1) is 0 Å². The average Bonchev–Trinajstić information content (AvgIpc) is 2.74. The molecule has 1 aliphatic heterocycles. The van der Waals surface area contributed by atoms with Gasteiger partial charge in [0.1, 0.15) is 5.75 Å². The number of hydrogen-bond acceptors (Lipinski definition) is 4. The van der Waals surface area contributed by atoms with Gasteiger partial charge in [0.25, 0.3) is 0 Å². The van der Waals surface area contributed by atoms with Crippen LogP contribution in [-0.4, -0.2) is 50.4 Å². The van der Waals surface area contributed by atoms with Crippen molar-refractivity contribution in [1.29, 1.82) is 0 Å². The standard InChI is InChI=1S/C23H30F3N3O/c1-2-11-28-12-14-29(15-13-28)22-6-4-3-5-20(22)17-27-16-19-7-9-21(10-8-19)30-18-23(24,25)26/h3-10,27H,2,11-18H2,1H3. The van der Waals surface area contributed by atoms with Gasteiger partial charge in [-0.15, -0.1) is 0 Å². The molecule has 0 unspecified atom stereocenters. The van der Waals surface area contributed by atoms with E-state index in [1.807, 2.05) is 0 Å². The first kappa shape index (κ1) is 22.4. The molecule has 0 spiro atoms. The second-order valence-electron chi connectivity index (χ2n) is 7.61. The minimum Gasteiger partial charge on any atom is -0.484 e. The van der Waals surface area contributed by atoms with Gasteiger partial charge >= 0.3 is 6.18 Å². The van der Waals surface area contributed by atoms with E-state index in [0.29, 0.717) is 6.54 Å². The minimum absolute atomic E-state index is 0.226. The van der Waals surface area contributed by atoms with Crippen molar-refractivity contribution in [2.45, 2.75) is 32.6 Å². The number of nitrogens with zero attached hydrogens (tertiary/aromatic N) is 2. The molecule has 2 aromatic carbocycles. The lowest BCUT2D eigenvalue weighted by atomic mass is 10.1. The van der Waals surface area contributed by atoms with Crippen molar-refractivity contribution >= 4 is 5.69 Å². The number of hydrogen-bond donors (Lipinski definition) is 1. The molecule has 0 amide bonds. The Bertz CT molecular complexity index is 772. The fourth-order valence-electron chi connectivity index (χ4n) is 3.71. The van der Waals surface area contributed by atoms with Crippen LogP contribution >= 0.6 is 0 Å². The summed E-state index contributed by atoms with van der Waals surface area (Å²) in [6.45, 7) is 7.75. The lowest BCUT2D eigenvalue weighted by Crippen LogP contribution is -2.46. The summed E-state index contributed by atoms with van der Waals surface area (Å²) in [4.78, 5) is 4.97. The number of anilines is 1. The van der Waals surface area contributed by atoms with E-state index >= 15 is 0 Å². The fourth-order valence-corrected chi connectivity index (χ4v) is 3.71. The van der Waals surface area contributed by atoms with Gasteiger partial charge in [0.2, 0.25) is 0 Å². The highest BCUT2D eigenvalue weighted by molar-refractivity contribution is 5.54. The number of ether oxygens (including phenoxy) is 1. The maximum atomic E-state index is 12.2. The van der Waals surface area contributed by atoms with Gasteiger partial charge in [-0.3, -0.25) is 4.90 Å². The Kier molecular flexibility index (Phi) is 7.99. The largest absolute Gasteiger partial charge is 0.484 e. The summed E-state index contributed by atoms with van der Waals surface area (Å²) in [5, 5.41) is 3.44. The highest BCUT2D eigenvalue weighted by Crippen LogP contribution is 2.22. The third-order valence-electron chi connectivity index (χ3n) is 5.21. The number of alkyl halides is 3. The molecule has 0 aliphatic carbocycles. The highest BCUT2D eigenvalue weighted by Gasteiger charge is 2.28. The molecular weight excluding hydrogens is 391 g/mol. The zero-order chi connectivity index (χ0) is 21.4. The average molecular weight is 422 g/mol. The summed E-state index contributed by atoms with van der Waals surface area (Å²) >= 11 is 0. The quantitative estimate of drug-likeness (QED) is 0.648. The molecule has 0 atom stereocenters. The second kappa shape index (κ2) is 10.7. The Morgan fingerprint density at radius 3 is 2.30 bits per heavy atom. The first-order valence-electron chi connectivity index (χ1n) is 10.5. The molecule has 3 rings (SSSR count). The third kappa shape index (κ3) is 6.92. The molecule has 1 N–H and O–H groups in total. The normalized spacial score (nSPS) is 15.4. The van der Waals surface area contributed by atoms with Crippen LogP contribution in [0.5, 0.6) is 5.75 Å². The van der Waals surface area contributed by atoms with Crippen molar-refractivity contribution in [3.63, 3.8) is 0 Å². The van der Waals surface area contributed by atoms with E-state index in [4.69, 9.17) is 4.74 Å². The Hall–Kier alpha value is -2.25. The van der Waals surface area contributed by atoms with E-state index in [0.717, 1.165) is 44.8 Å². The van der Waals surface area contributed by atoms with E-state index in [-0.39, 0.29) is 5.75 Å². The van der Waals surface area contributed by atoms with Crippen LogP contribution in [0.25, 0.3) is 0 Å². The summed E-state index contributed by atoms with van der Waals surface area (Å²) in [6, 6.07) is 15.2. The zero-order valence-electron chi connectivity index (χ0n) is 17.4. The van der Waals surface area contributed by atoms with E-state index in [2.05, 4.69) is 46.3 Å². The molecule has 1 saturated heterocycles. The van der Waals surface area contributed by atoms with Crippen molar-refractivity contribution in [3.05, 3.63) is 59.7 Å². The maximum absolute atomic E-state index is 12.2. The first-order valence-corrected chi connectivity index (χ1v) is 10.5. The van der Waals surface area contributed by atoms with Crippen molar-refractivity contribution in [3.8, 4) is 5.75 Å². The Balaban J connectivity index is 1.50. The van der Waals surface area contributed by atoms with Crippen LogP contribution in [0.15, 0.2) is 48.5 Å². The zero-order valence-corrected chi connectivity index (χ0v) is 17.4. The molecule has 7 heteroatoms. The van der Waals surface area contributed by atoms with Crippen LogP contribution in [0.3, 0.4) is 0 Å². The summed E-state index contributed by atoms with van der Waals surface area (Å²) in [5.41, 5.74) is 3.53. The maximum Gasteiger partial charge on any atom is 0.422 e. The molecule has 30 heavy (non-hydrogen) atoms. The van der Waals surface area contributed by atoms with E-state index < -0.39 is 12.8 Å². The Morgan fingerprint density at radius 1 is 0.933 bits per heavy atom. The molecule has 0 radical (unpaired) electrons. The van der Waals surface area contributed by atoms with Crippen LogP contribution < -0.4 is 15.0 Å². The number of halogens is 3. The van der Waals surface area contributed by atoms with Crippen molar-refractivity contribution in [1.82, 2.24) is 10.2 Å². The molecule has 0 aromatic heterocycles. The van der Waals surface area contributed by atoms with Gasteiger partial charge < -0.3 is 15.0 Å². The van der Waals surface area contributed by atoms with Gasteiger partial charge in [-0.25, -0.2) is 0 Å². The number of rotatable bonds is 9. The Morgan fingerprint density at radius 2 is 1.63 bits per heavy atom. The third-order valence-corrected chi connectivity index (χ3v) is 5.21. The van der Waals surface area contributed by atoms with Gasteiger partial charge in [-0.1, -0.05) is 37.3 Å². The van der Waals surface area contributed by atoms with Gasteiger partial charge in [-0.05, 0) is 42.3 Å². The molecule has 0 saturated carbocycles. The number of nitrogens with one attached hydrogen (secondary N) is 1. The van der Waals surface area contributed by atoms with Gasteiger partial charge in [-0.2, -0.15) is 13.2 Å². The summed E-state index contributed by atoms with van der Waals surface area (Å²) in [5.74, 6) is 0.226. The van der Waals surface area contributed by atoms with Gasteiger partial charge in [0, 0.05) is 45.0 Å². The number of benzene rings is 2. The summed E-state index contributed by atoms with van der Waals surface area (Å²) in [6.07, 6.45) is -3.13. The molecule has 1 fully saturated rings. The van der Waals surface area contributed by atoms with Crippen LogP contribution in [-0.2, 0) is 13.1 Å².